The third-order valence-corrected chi connectivity index (χ3v) is 4.70. The first kappa shape index (κ1) is 15.1. The summed E-state index contributed by atoms with van der Waals surface area (Å²) in [5, 5.41) is 3.13. The Balaban J connectivity index is 1.28. The average Bonchev–Trinajstić information content (AvgIpc) is 3.36. The number of ether oxygens (including phenoxy) is 2. The summed E-state index contributed by atoms with van der Waals surface area (Å²) in [4.78, 5) is 28.1. The van der Waals surface area contributed by atoms with Gasteiger partial charge in [-0.25, -0.2) is 0 Å². The molecule has 1 saturated heterocycles. The van der Waals surface area contributed by atoms with E-state index in [0.717, 1.165) is 18.5 Å². The maximum atomic E-state index is 12.4. The molecule has 0 atom stereocenters. The maximum absolute atomic E-state index is 12.4. The Morgan fingerprint density at radius 1 is 1.08 bits per heavy atom. The first-order chi connectivity index (χ1) is 11.7. The summed E-state index contributed by atoms with van der Waals surface area (Å²) in [6.45, 7) is 2.89. The number of nitrogens with one attached hydrogen (secondary N) is 1. The van der Waals surface area contributed by atoms with Crippen molar-refractivity contribution in [3.63, 3.8) is 0 Å². The second-order valence-electron chi connectivity index (χ2n) is 6.37. The van der Waals surface area contributed by atoms with Crippen LogP contribution >= 0.6 is 0 Å². The van der Waals surface area contributed by atoms with Gasteiger partial charge in [0.25, 0.3) is 0 Å². The third kappa shape index (κ3) is 2.98. The summed E-state index contributed by atoms with van der Waals surface area (Å²) in [6.07, 6.45) is 2.05. The number of carbonyl (C=O) groups excluding carboxylic acids is 2. The molecule has 128 valence electrons. The lowest BCUT2D eigenvalue weighted by atomic mass is 10.2. The van der Waals surface area contributed by atoms with Crippen LogP contribution in [-0.2, 0) is 9.59 Å². The Hall–Kier alpha value is -2.44. The number of anilines is 1. The molecule has 0 aromatic heterocycles. The normalized spacial score (nSPS) is 19.3. The van der Waals surface area contributed by atoms with Crippen LogP contribution in [0.3, 0.4) is 0 Å². The summed E-state index contributed by atoms with van der Waals surface area (Å²) >= 11 is 0. The second kappa shape index (κ2) is 6.22. The van der Waals surface area contributed by atoms with Crippen LogP contribution in [0.5, 0.6) is 11.5 Å². The van der Waals surface area contributed by atoms with Crippen molar-refractivity contribution in [3.05, 3.63) is 18.2 Å². The molecule has 2 heterocycles. The van der Waals surface area contributed by atoms with E-state index in [4.69, 9.17) is 9.47 Å². The Morgan fingerprint density at radius 2 is 1.83 bits per heavy atom. The van der Waals surface area contributed by atoms with Gasteiger partial charge in [0.15, 0.2) is 11.5 Å². The Morgan fingerprint density at radius 3 is 2.58 bits per heavy atom. The van der Waals surface area contributed by atoms with E-state index in [9.17, 15) is 9.59 Å². The van der Waals surface area contributed by atoms with Crippen LogP contribution in [0.25, 0.3) is 0 Å². The van der Waals surface area contributed by atoms with Gasteiger partial charge in [-0.05, 0) is 25.0 Å². The number of piperazine rings is 1. The molecule has 2 aliphatic heterocycles. The van der Waals surface area contributed by atoms with E-state index in [2.05, 4.69) is 5.32 Å². The fraction of sp³-hybridized carbons (Fsp3) is 0.529. The fourth-order valence-electron chi connectivity index (χ4n) is 3.12. The minimum absolute atomic E-state index is 0.0324. The number of rotatable bonds is 4. The fourth-order valence-corrected chi connectivity index (χ4v) is 3.12. The van der Waals surface area contributed by atoms with E-state index < -0.39 is 0 Å². The van der Waals surface area contributed by atoms with E-state index in [1.807, 2.05) is 28.0 Å². The molecule has 0 unspecified atom stereocenters. The van der Waals surface area contributed by atoms with E-state index >= 15 is 0 Å². The van der Waals surface area contributed by atoms with Crippen LogP contribution < -0.4 is 14.8 Å². The number of nitrogens with zero attached hydrogens (tertiary/aromatic N) is 2. The first-order valence-electron chi connectivity index (χ1n) is 8.41. The largest absolute Gasteiger partial charge is 0.454 e. The van der Waals surface area contributed by atoms with Gasteiger partial charge >= 0.3 is 0 Å². The highest BCUT2D eigenvalue weighted by Crippen LogP contribution is 2.38. The first-order valence-corrected chi connectivity index (χ1v) is 8.41. The van der Waals surface area contributed by atoms with Crippen molar-refractivity contribution in [1.29, 1.82) is 0 Å². The van der Waals surface area contributed by atoms with Crippen LogP contribution in [0.2, 0.25) is 0 Å². The van der Waals surface area contributed by atoms with Crippen molar-refractivity contribution in [1.82, 2.24) is 9.80 Å². The molecule has 0 radical (unpaired) electrons. The van der Waals surface area contributed by atoms with Crippen LogP contribution in [0.15, 0.2) is 18.2 Å². The quantitative estimate of drug-likeness (QED) is 0.888. The molecule has 7 heteroatoms. The predicted octanol–water partition coefficient (Wildman–Crippen LogP) is 0.908. The highest BCUT2D eigenvalue weighted by Gasteiger charge is 2.35. The minimum atomic E-state index is 0.0324. The molecule has 3 aliphatic rings. The number of carbonyl (C=O) groups is 2. The van der Waals surface area contributed by atoms with Gasteiger partial charge in [-0.2, -0.15) is 0 Å². The van der Waals surface area contributed by atoms with Crippen molar-refractivity contribution in [2.24, 2.45) is 5.92 Å². The van der Waals surface area contributed by atoms with Gasteiger partial charge in [0, 0.05) is 32.1 Å². The van der Waals surface area contributed by atoms with Gasteiger partial charge in [-0.3, -0.25) is 9.59 Å². The summed E-state index contributed by atoms with van der Waals surface area (Å²) in [7, 11) is 0. The lowest BCUT2D eigenvalue weighted by molar-refractivity contribution is -0.139. The van der Waals surface area contributed by atoms with Crippen molar-refractivity contribution < 1.29 is 19.1 Å². The molecule has 2 amide bonds. The van der Waals surface area contributed by atoms with Crippen LogP contribution in [0.1, 0.15) is 12.8 Å². The molecule has 0 spiro atoms. The van der Waals surface area contributed by atoms with Gasteiger partial charge in [0.1, 0.15) is 0 Å². The van der Waals surface area contributed by atoms with Gasteiger partial charge in [-0.15, -0.1) is 0 Å². The summed E-state index contributed by atoms with van der Waals surface area (Å²) in [5.41, 5.74) is 0.765. The molecule has 24 heavy (non-hydrogen) atoms. The van der Waals surface area contributed by atoms with Crippen molar-refractivity contribution in [3.8, 4) is 11.5 Å². The Bertz CT molecular complexity index is 651. The number of hydrogen-bond acceptors (Lipinski definition) is 5. The van der Waals surface area contributed by atoms with E-state index in [1.54, 1.807) is 0 Å². The maximum Gasteiger partial charge on any atom is 0.241 e. The van der Waals surface area contributed by atoms with E-state index in [0.29, 0.717) is 37.7 Å². The monoisotopic (exact) mass is 331 g/mol. The highest BCUT2D eigenvalue weighted by atomic mass is 16.7. The number of amides is 2. The third-order valence-electron chi connectivity index (χ3n) is 4.70. The predicted molar refractivity (Wildman–Crippen MR) is 86.9 cm³/mol. The van der Waals surface area contributed by atoms with Gasteiger partial charge in [-0.1, -0.05) is 6.07 Å². The molecule has 1 aromatic carbocycles. The van der Waals surface area contributed by atoms with E-state index in [-0.39, 0.29) is 31.1 Å². The average molecular weight is 331 g/mol. The Kier molecular flexibility index (Phi) is 3.92. The SMILES string of the molecule is O=C(CNc1cccc2c1OCO2)N1CCN(C(=O)C2CC2)CC1. The smallest absolute Gasteiger partial charge is 0.241 e. The zero-order chi connectivity index (χ0) is 16.5. The number of para-hydroxylation sites is 1. The second-order valence-corrected chi connectivity index (χ2v) is 6.37. The molecular formula is C17H21N3O4. The summed E-state index contributed by atoms with van der Waals surface area (Å²) < 4.78 is 10.7. The number of fused-ring (bicyclic) bond motifs is 1. The lowest BCUT2D eigenvalue weighted by Crippen LogP contribution is -2.52. The van der Waals surface area contributed by atoms with Crippen LogP contribution in [-0.4, -0.2) is 61.1 Å². The molecule has 1 aliphatic carbocycles. The molecular weight excluding hydrogens is 310 g/mol. The minimum Gasteiger partial charge on any atom is -0.454 e. The van der Waals surface area contributed by atoms with Crippen molar-refractivity contribution in [2.75, 3.05) is 44.8 Å². The number of hydrogen-bond donors (Lipinski definition) is 1. The zero-order valence-electron chi connectivity index (χ0n) is 13.5. The van der Waals surface area contributed by atoms with Gasteiger partial charge in [0.2, 0.25) is 18.6 Å². The van der Waals surface area contributed by atoms with Crippen molar-refractivity contribution >= 4 is 17.5 Å². The van der Waals surface area contributed by atoms with Crippen LogP contribution in [0, 0.1) is 5.92 Å². The molecule has 7 nitrogen and oxygen atoms in total. The topological polar surface area (TPSA) is 71.1 Å². The Labute approximate surface area is 140 Å². The molecule has 4 rings (SSSR count). The summed E-state index contributed by atoms with van der Waals surface area (Å²) in [6, 6.07) is 5.57. The molecule has 1 N–H and O–H groups in total. The number of benzene rings is 1. The molecule has 0 bridgehead atoms. The van der Waals surface area contributed by atoms with Crippen molar-refractivity contribution in [2.45, 2.75) is 12.8 Å². The molecule has 1 aromatic rings. The molecule has 1 saturated carbocycles. The van der Waals surface area contributed by atoms with Gasteiger partial charge < -0.3 is 24.6 Å². The van der Waals surface area contributed by atoms with Crippen LogP contribution in [0.4, 0.5) is 5.69 Å². The highest BCUT2D eigenvalue weighted by molar-refractivity contribution is 5.83. The van der Waals surface area contributed by atoms with E-state index in [1.165, 1.54) is 0 Å². The standard InChI is InChI=1S/C17H21N3O4/c21-15(10-18-13-2-1-3-14-16(13)24-11-23-14)19-6-8-20(9-7-19)17(22)12-4-5-12/h1-3,12,18H,4-11H2. The molecule has 2 fully saturated rings. The summed E-state index contributed by atoms with van der Waals surface area (Å²) in [5.74, 6) is 1.89. The zero-order valence-corrected chi connectivity index (χ0v) is 13.5. The van der Waals surface area contributed by atoms with Gasteiger partial charge in [0.05, 0.1) is 12.2 Å². The lowest BCUT2D eigenvalue weighted by Gasteiger charge is -2.35.